The predicted molar refractivity (Wildman–Crippen MR) is 65.2 cm³/mol. The van der Waals surface area contributed by atoms with Crippen LogP contribution >= 0.6 is 27.3 Å². The van der Waals surface area contributed by atoms with Crippen LogP contribution in [0.3, 0.4) is 0 Å². The number of thiophene rings is 1. The lowest BCUT2D eigenvalue weighted by Gasteiger charge is -2.08. The monoisotopic (exact) mass is 291 g/mol. The molecule has 1 aromatic rings. The van der Waals surface area contributed by atoms with Crippen LogP contribution in [0.2, 0.25) is 0 Å². The van der Waals surface area contributed by atoms with Gasteiger partial charge in [-0.1, -0.05) is 0 Å². The van der Waals surface area contributed by atoms with Crippen molar-refractivity contribution in [3.05, 3.63) is 20.8 Å². The van der Waals surface area contributed by atoms with Gasteiger partial charge in [-0.25, -0.2) is 0 Å². The van der Waals surface area contributed by atoms with Gasteiger partial charge < -0.3 is 10.5 Å². The van der Waals surface area contributed by atoms with Crippen molar-refractivity contribution in [1.29, 1.82) is 0 Å². The van der Waals surface area contributed by atoms with Crippen LogP contribution in [0, 0.1) is 0 Å². The Kier molecular flexibility index (Phi) is 5.45. The Bertz CT molecular complexity index is 327. The third-order valence-electron chi connectivity index (χ3n) is 2.02. The number of hydrogen-bond acceptors (Lipinski definition) is 4. The normalized spacial score (nSPS) is 12.7. The van der Waals surface area contributed by atoms with E-state index in [9.17, 15) is 4.79 Å². The fourth-order valence-corrected chi connectivity index (χ4v) is 2.65. The first-order chi connectivity index (χ1) is 7.13. The molecular weight excluding hydrogens is 278 g/mol. The zero-order valence-corrected chi connectivity index (χ0v) is 10.9. The van der Waals surface area contributed by atoms with Crippen molar-refractivity contribution in [2.75, 3.05) is 13.7 Å². The average molecular weight is 292 g/mol. The molecule has 0 amide bonds. The number of Topliss-reactive ketones (excluding diaryl/α,β-unsaturated/α-hetero) is 1. The number of rotatable bonds is 6. The Morgan fingerprint density at radius 3 is 2.93 bits per heavy atom. The summed E-state index contributed by atoms with van der Waals surface area (Å²) in [5, 5.41) is 0. The molecule has 0 aromatic carbocycles. The zero-order chi connectivity index (χ0) is 11.3. The molecular formula is C10H14BrNO2S. The highest BCUT2D eigenvalue weighted by Gasteiger charge is 2.14. The standard InChI is InChI=1S/C10H14BrNO2S/c1-14-5-4-8(12)9(13)6-7-2-3-10(11)15-7/h2-3,8H,4-6,12H2,1H3. The number of methoxy groups -OCH3 is 1. The molecule has 0 saturated heterocycles. The number of carbonyl (C=O) groups excluding carboxylic acids is 1. The molecule has 84 valence electrons. The lowest BCUT2D eigenvalue weighted by atomic mass is 10.1. The lowest BCUT2D eigenvalue weighted by molar-refractivity contribution is -0.120. The number of halogens is 1. The van der Waals surface area contributed by atoms with Crippen molar-refractivity contribution < 1.29 is 9.53 Å². The van der Waals surface area contributed by atoms with Crippen LogP contribution < -0.4 is 5.73 Å². The number of hydrogen-bond donors (Lipinski definition) is 1. The molecule has 1 heterocycles. The summed E-state index contributed by atoms with van der Waals surface area (Å²) >= 11 is 4.92. The summed E-state index contributed by atoms with van der Waals surface area (Å²) in [6, 6.07) is 3.47. The largest absolute Gasteiger partial charge is 0.385 e. The van der Waals surface area contributed by atoms with Crippen LogP contribution in [0.4, 0.5) is 0 Å². The topological polar surface area (TPSA) is 52.3 Å². The van der Waals surface area contributed by atoms with E-state index in [0.717, 1.165) is 8.66 Å². The molecule has 1 aromatic heterocycles. The zero-order valence-electron chi connectivity index (χ0n) is 8.53. The fourth-order valence-electron chi connectivity index (χ4n) is 1.16. The maximum atomic E-state index is 11.6. The van der Waals surface area contributed by atoms with E-state index in [4.69, 9.17) is 10.5 Å². The van der Waals surface area contributed by atoms with E-state index in [1.165, 1.54) is 0 Å². The predicted octanol–water partition coefficient (Wildman–Crippen LogP) is 1.99. The van der Waals surface area contributed by atoms with Crippen LogP contribution in [0.1, 0.15) is 11.3 Å². The van der Waals surface area contributed by atoms with Gasteiger partial charge in [0.15, 0.2) is 5.78 Å². The minimum Gasteiger partial charge on any atom is -0.385 e. The first-order valence-electron chi connectivity index (χ1n) is 4.65. The number of ketones is 1. The molecule has 0 radical (unpaired) electrons. The SMILES string of the molecule is COCCC(N)C(=O)Cc1ccc(Br)s1. The van der Waals surface area contributed by atoms with Crippen molar-refractivity contribution in [2.45, 2.75) is 18.9 Å². The number of nitrogens with two attached hydrogens (primary N) is 1. The summed E-state index contributed by atoms with van der Waals surface area (Å²) in [7, 11) is 1.60. The van der Waals surface area contributed by atoms with Crippen LogP contribution in [0.15, 0.2) is 15.9 Å². The molecule has 0 saturated carbocycles. The van der Waals surface area contributed by atoms with Gasteiger partial charge >= 0.3 is 0 Å². The minimum atomic E-state index is -0.411. The fraction of sp³-hybridized carbons (Fsp3) is 0.500. The third kappa shape index (κ3) is 4.42. The maximum absolute atomic E-state index is 11.6. The average Bonchev–Trinajstić information content (AvgIpc) is 2.60. The summed E-state index contributed by atoms with van der Waals surface area (Å²) in [6.07, 6.45) is 1.00. The highest BCUT2D eigenvalue weighted by atomic mass is 79.9. The molecule has 0 fully saturated rings. The molecule has 0 aliphatic carbocycles. The van der Waals surface area contributed by atoms with Gasteiger partial charge in [-0.3, -0.25) is 4.79 Å². The molecule has 2 N–H and O–H groups in total. The van der Waals surface area contributed by atoms with E-state index in [0.29, 0.717) is 19.4 Å². The Balaban J connectivity index is 2.41. The molecule has 0 aliphatic heterocycles. The van der Waals surface area contributed by atoms with Crippen molar-refractivity contribution in [3.8, 4) is 0 Å². The van der Waals surface area contributed by atoms with E-state index < -0.39 is 6.04 Å². The van der Waals surface area contributed by atoms with Crippen molar-refractivity contribution in [2.24, 2.45) is 5.73 Å². The molecule has 15 heavy (non-hydrogen) atoms. The summed E-state index contributed by atoms with van der Waals surface area (Å²) < 4.78 is 5.92. The van der Waals surface area contributed by atoms with Crippen LogP contribution in [-0.2, 0) is 16.0 Å². The van der Waals surface area contributed by atoms with Crippen LogP contribution in [0.25, 0.3) is 0 Å². The van der Waals surface area contributed by atoms with E-state index in [2.05, 4.69) is 15.9 Å². The Hall–Kier alpha value is -0.230. The molecule has 0 aliphatic rings. The summed E-state index contributed by atoms with van der Waals surface area (Å²) in [5.74, 6) is 0.0707. The lowest BCUT2D eigenvalue weighted by Crippen LogP contribution is -2.32. The van der Waals surface area contributed by atoms with Gasteiger partial charge in [0.2, 0.25) is 0 Å². The molecule has 1 atom stereocenters. The number of carbonyl (C=O) groups is 1. The molecule has 0 spiro atoms. The van der Waals surface area contributed by atoms with Gasteiger partial charge in [-0.05, 0) is 34.5 Å². The molecule has 3 nitrogen and oxygen atoms in total. The Morgan fingerprint density at radius 1 is 1.67 bits per heavy atom. The number of ether oxygens (including phenoxy) is 1. The highest BCUT2D eigenvalue weighted by Crippen LogP contribution is 2.22. The van der Waals surface area contributed by atoms with E-state index in [-0.39, 0.29) is 5.78 Å². The summed E-state index contributed by atoms with van der Waals surface area (Å²) in [6.45, 7) is 0.529. The highest BCUT2D eigenvalue weighted by molar-refractivity contribution is 9.11. The smallest absolute Gasteiger partial charge is 0.154 e. The van der Waals surface area contributed by atoms with E-state index in [1.807, 2.05) is 12.1 Å². The second kappa shape index (κ2) is 6.37. The molecule has 1 rings (SSSR count). The van der Waals surface area contributed by atoms with E-state index in [1.54, 1.807) is 18.4 Å². The Morgan fingerprint density at radius 2 is 2.40 bits per heavy atom. The second-order valence-corrected chi connectivity index (χ2v) is 5.78. The molecule has 1 unspecified atom stereocenters. The van der Waals surface area contributed by atoms with E-state index >= 15 is 0 Å². The van der Waals surface area contributed by atoms with Gasteiger partial charge in [0.05, 0.1) is 9.83 Å². The Labute approximate surface area is 102 Å². The van der Waals surface area contributed by atoms with Gasteiger partial charge in [0.25, 0.3) is 0 Å². The van der Waals surface area contributed by atoms with Gasteiger partial charge in [0, 0.05) is 25.0 Å². The van der Waals surface area contributed by atoms with Gasteiger partial charge in [-0.2, -0.15) is 0 Å². The third-order valence-corrected chi connectivity index (χ3v) is 3.65. The summed E-state index contributed by atoms with van der Waals surface area (Å²) in [5.41, 5.74) is 5.72. The van der Waals surface area contributed by atoms with Gasteiger partial charge in [-0.15, -0.1) is 11.3 Å². The summed E-state index contributed by atoms with van der Waals surface area (Å²) in [4.78, 5) is 12.7. The minimum absolute atomic E-state index is 0.0707. The van der Waals surface area contributed by atoms with Crippen molar-refractivity contribution in [1.82, 2.24) is 0 Å². The van der Waals surface area contributed by atoms with Gasteiger partial charge in [0.1, 0.15) is 0 Å². The van der Waals surface area contributed by atoms with Crippen LogP contribution in [-0.4, -0.2) is 25.5 Å². The molecule has 0 bridgehead atoms. The van der Waals surface area contributed by atoms with Crippen molar-refractivity contribution in [3.63, 3.8) is 0 Å². The maximum Gasteiger partial charge on any atom is 0.154 e. The quantitative estimate of drug-likeness (QED) is 0.872. The first-order valence-corrected chi connectivity index (χ1v) is 6.26. The van der Waals surface area contributed by atoms with Crippen molar-refractivity contribution >= 4 is 33.0 Å². The second-order valence-electron chi connectivity index (χ2n) is 3.24. The van der Waals surface area contributed by atoms with Crippen LogP contribution in [0.5, 0.6) is 0 Å². The molecule has 5 heteroatoms. The first kappa shape index (κ1) is 12.8.